The molecule has 0 bridgehead atoms. The summed E-state index contributed by atoms with van der Waals surface area (Å²) in [6.45, 7) is 0.530. The molecular weight excluding hydrogens is 462 g/mol. The van der Waals surface area contributed by atoms with Crippen LogP contribution in [0.15, 0.2) is 94.3 Å². The van der Waals surface area contributed by atoms with Gasteiger partial charge in [0, 0.05) is 12.6 Å². The summed E-state index contributed by atoms with van der Waals surface area (Å²) in [6, 6.07) is 22.0. The van der Waals surface area contributed by atoms with Crippen molar-refractivity contribution in [2.75, 3.05) is 6.54 Å². The van der Waals surface area contributed by atoms with E-state index in [9.17, 15) is 14.4 Å². The molecule has 1 aliphatic heterocycles. The first kappa shape index (κ1) is 23.2. The van der Waals surface area contributed by atoms with Crippen molar-refractivity contribution < 1.29 is 28.2 Å². The standard InChI is InChI=1S/C28H23NO7/c30-26-22-14-13-21(16-24(22)33-18-25(26)35-20-10-5-2-6-11-20)36-27(31)23-12-7-15-29(23)28(32)34-17-19-8-3-1-4-9-19/h1-6,8-11,13-14,16,18,23H,7,12,15,17H2/t23-/m0/s1. The van der Waals surface area contributed by atoms with Gasteiger partial charge in [-0.25, -0.2) is 9.59 Å². The van der Waals surface area contributed by atoms with Gasteiger partial charge in [-0.3, -0.25) is 9.69 Å². The van der Waals surface area contributed by atoms with E-state index in [4.69, 9.17) is 18.6 Å². The van der Waals surface area contributed by atoms with Gasteiger partial charge < -0.3 is 18.6 Å². The normalized spacial score (nSPS) is 15.0. The lowest BCUT2D eigenvalue weighted by Gasteiger charge is -2.22. The van der Waals surface area contributed by atoms with E-state index in [0.717, 1.165) is 5.56 Å². The van der Waals surface area contributed by atoms with Crippen molar-refractivity contribution in [1.29, 1.82) is 0 Å². The zero-order valence-electron chi connectivity index (χ0n) is 19.3. The van der Waals surface area contributed by atoms with Crippen molar-refractivity contribution in [3.05, 3.63) is 101 Å². The largest absolute Gasteiger partial charge is 0.460 e. The Morgan fingerprint density at radius 3 is 2.47 bits per heavy atom. The molecule has 8 heteroatoms. The van der Waals surface area contributed by atoms with Crippen LogP contribution in [0.25, 0.3) is 11.0 Å². The van der Waals surface area contributed by atoms with Crippen molar-refractivity contribution in [2.24, 2.45) is 0 Å². The number of nitrogens with zero attached hydrogens (tertiary/aromatic N) is 1. The predicted molar refractivity (Wildman–Crippen MR) is 131 cm³/mol. The van der Waals surface area contributed by atoms with Gasteiger partial charge in [0.1, 0.15) is 36.0 Å². The maximum Gasteiger partial charge on any atom is 0.410 e. The lowest BCUT2D eigenvalue weighted by molar-refractivity contribution is -0.139. The highest BCUT2D eigenvalue weighted by atomic mass is 16.6. The minimum atomic E-state index is -0.752. The zero-order valence-corrected chi connectivity index (χ0v) is 19.3. The summed E-state index contributed by atoms with van der Waals surface area (Å²) in [7, 11) is 0. The maximum absolute atomic E-state index is 12.9. The first-order valence-electron chi connectivity index (χ1n) is 11.6. The Morgan fingerprint density at radius 1 is 0.944 bits per heavy atom. The van der Waals surface area contributed by atoms with Gasteiger partial charge in [0.15, 0.2) is 0 Å². The van der Waals surface area contributed by atoms with Crippen LogP contribution in [-0.4, -0.2) is 29.5 Å². The number of amides is 1. The van der Waals surface area contributed by atoms with Gasteiger partial charge in [0.05, 0.1) is 5.39 Å². The lowest BCUT2D eigenvalue weighted by atomic mass is 10.2. The highest BCUT2D eigenvalue weighted by Crippen LogP contribution is 2.26. The number of hydrogen-bond donors (Lipinski definition) is 0. The summed E-state index contributed by atoms with van der Waals surface area (Å²) >= 11 is 0. The first-order valence-corrected chi connectivity index (χ1v) is 11.6. The molecule has 0 radical (unpaired) electrons. The highest BCUT2D eigenvalue weighted by molar-refractivity contribution is 5.85. The maximum atomic E-state index is 12.9. The molecule has 36 heavy (non-hydrogen) atoms. The van der Waals surface area contributed by atoms with Gasteiger partial charge in [0.2, 0.25) is 11.2 Å². The molecule has 0 aliphatic carbocycles. The zero-order chi connectivity index (χ0) is 24.9. The van der Waals surface area contributed by atoms with E-state index in [2.05, 4.69) is 0 Å². The molecule has 3 aromatic carbocycles. The van der Waals surface area contributed by atoms with Crippen molar-refractivity contribution in [3.8, 4) is 17.2 Å². The molecule has 1 saturated heterocycles. The third-order valence-corrected chi connectivity index (χ3v) is 5.87. The molecule has 0 N–H and O–H groups in total. The Labute approximate surface area is 206 Å². The second kappa shape index (κ2) is 10.4. The third-order valence-electron chi connectivity index (χ3n) is 5.87. The predicted octanol–water partition coefficient (Wildman–Crippen LogP) is 5.29. The van der Waals surface area contributed by atoms with Crippen LogP contribution in [0.5, 0.6) is 17.2 Å². The lowest BCUT2D eigenvalue weighted by Crippen LogP contribution is -2.42. The van der Waals surface area contributed by atoms with E-state index in [1.54, 1.807) is 24.3 Å². The summed E-state index contributed by atoms with van der Waals surface area (Å²) in [4.78, 5) is 39.7. The summed E-state index contributed by atoms with van der Waals surface area (Å²) in [5.41, 5.74) is 0.761. The molecule has 182 valence electrons. The Bertz CT molecular complexity index is 1430. The third kappa shape index (κ3) is 5.07. The fourth-order valence-electron chi connectivity index (χ4n) is 4.06. The number of carbonyl (C=O) groups excluding carboxylic acids is 2. The van der Waals surface area contributed by atoms with Crippen molar-refractivity contribution in [3.63, 3.8) is 0 Å². The van der Waals surface area contributed by atoms with Crippen LogP contribution < -0.4 is 14.9 Å². The fourth-order valence-corrected chi connectivity index (χ4v) is 4.06. The van der Waals surface area contributed by atoms with Gasteiger partial charge in [0.25, 0.3) is 0 Å². The molecule has 1 aliphatic rings. The molecule has 8 nitrogen and oxygen atoms in total. The number of hydrogen-bond acceptors (Lipinski definition) is 7. The molecule has 5 rings (SSSR count). The van der Waals surface area contributed by atoms with Crippen LogP contribution in [0, 0.1) is 0 Å². The molecule has 2 heterocycles. The van der Waals surface area contributed by atoms with Crippen LogP contribution in [0.2, 0.25) is 0 Å². The monoisotopic (exact) mass is 485 g/mol. The molecule has 1 aromatic heterocycles. The minimum Gasteiger partial charge on any atom is -0.460 e. The van der Waals surface area contributed by atoms with Crippen molar-refractivity contribution in [1.82, 2.24) is 4.90 Å². The molecule has 1 amide bonds. The van der Waals surface area contributed by atoms with Crippen LogP contribution in [0.3, 0.4) is 0 Å². The fraction of sp³-hybridized carbons (Fsp3) is 0.179. The van der Waals surface area contributed by atoms with E-state index < -0.39 is 18.1 Å². The molecule has 4 aromatic rings. The molecular formula is C28H23NO7. The van der Waals surface area contributed by atoms with E-state index in [-0.39, 0.29) is 34.5 Å². The molecule has 1 atom stereocenters. The Morgan fingerprint density at radius 2 is 1.69 bits per heavy atom. The second-order valence-corrected chi connectivity index (χ2v) is 8.31. The number of esters is 1. The minimum absolute atomic E-state index is 0.0501. The SMILES string of the molecule is O=C(Oc1ccc2c(=O)c(Oc3ccccc3)coc2c1)[C@@H]1CCCN1C(=O)OCc1ccccc1. The van der Waals surface area contributed by atoms with Gasteiger partial charge in [-0.2, -0.15) is 0 Å². The Balaban J connectivity index is 1.26. The van der Waals surface area contributed by atoms with E-state index in [1.807, 2.05) is 36.4 Å². The molecule has 1 fully saturated rings. The van der Waals surface area contributed by atoms with Crippen LogP contribution in [0.1, 0.15) is 18.4 Å². The molecule has 0 saturated carbocycles. The van der Waals surface area contributed by atoms with Crippen LogP contribution in [0.4, 0.5) is 4.79 Å². The summed E-state index contributed by atoms with van der Waals surface area (Å²) in [5.74, 6) is 0.193. The van der Waals surface area contributed by atoms with Crippen LogP contribution in [-0.2, 0) is 16.1 Å². The van der Waals surface area contributed by atoms with Gasteiger partial charge in [-0.1, -0.05) is 48.5 Å². The number of carbonyl (C=O) groups is 2. The first-order chi connectivity index (χ1) is 17.6. The van der Waals surface area contributed by atoms with E-state index in [0.29, 0.717) is 25.1 Å². The summed E-state index contributed by atoms with van der Waals surface area (Å²) in [6.07, 6.45) is 1.80. The van der Waals surface area contributed by atoms with Crippen molar-refractivity contribution in [2.45, 2.75) is 25.5 Å². The summed E-state index contributed by atoms with van der Waals surface area (Å²) in [5, 5.41) is 0.287. The smallest absolute Gasteiger partial charge is 0.410 e. The molecule has 0 spiro atoms. The van der Waals surface area contributed by atoms with Crippen molar-refractivity contribution >= 4 is 23.0 Å². The quantitative estimate of drug-likeness (QED) is 0.270. The topological polar surface area (TPSA) is 95.3 Å². The summed E-state index contributed by atoms with van der Waals surface area (Å²) < 4.78 is 22.1. The van der Waals surface area contributed by atoms with Gasteiger partial charge in [-0.05, 0) is 42.7 Å². The van der Waals surface area contributed by atoms with E-state index >= 15 is 0 Å². The Hall–Kier alpha value is -4.59. The molecule has 0 unspecified atom stereocenters. The highest BCUT2D eigenvalue weighted by Gasteiger charge is 2.36. The second-order valence-electron chi connectivity index (χ2n) is 8.31. The Kier molecular flexibility index (Phi) is 6.66. The number of rotatable bonds is 6. The number of fused-ring (bicyclic) bond motifs is 1. The van der Waals surface area contributed by atoms with Gasteiger partial charge >= 0.3 is 12.1 Å². The number of likely N-dealkylation sites (tertiary alicyclic amines) is 1. The average Bonchev–Trinajstić information content (AvgIpc) is 3.41. The number of ether oxygens (including phenoxy) is 3. The van der Waals surface area contributed by atoms with E-state index in [1.165, 1.54) is 29.4 Å². The average molecular weight is 485 g/mol. The van der Waals surface area contributed by atoms with Crippen LogP contribution >= 0.6 is 0 Å². The van der Waals surface area contributed by atoms with Gasteiger partial charge in [-0.15, -0.1) is 0 Å². The number of benzene rings is 3. The number of para-hydroxylation sites is 1.